The normalized spacial score (nSPS) is 30.2. The van der Waals surface area contributed by atoms with Gasteiger partial charge in [-0.1, -0.05) is 31.6 Å². The molecule has 2 nitrogen and oxygen atoms in total. The van der Waals surface area contributed by atoms with Crippen LogP contribution < -0.4 is 5.32 Å². The highest BCUT2D eigenvalue weighted by molar-refractivity contribution is 5.70. The van der Waals surface area contributed by atoms with Crippen molar-refractivity contribution in [3.63, 3.8) is 0 Å². The monoisotopic (exact) mass is 314 g/mol. The Morgan fingerprint density at radius 1 is 1.26 bits per heavy atom. The molecule has 1 N–H and O–H groups in total. The quantitative estimate of drug-likeness (QED) is 0.912. The fourth-order valence-electron chi connectivity index (χ4n) is 4.55. The number of fused-ring (bicyclic) bond motifs is 2. The number of piperazine rings is 1. The number of hydrogen-bond donors (Lipinski definition) is 1. The molecule has 0 spiro atoms. The van der Waals surface area contributed by atoms with Crippen LogP contribution in [0.5, 0.6) is 0 Å². The van der Waals surface area contributed by atoms with Gasteiger partial charge in [-0.2, -0.15) is 0 Å². The Kier molecular flexibility index (Phi) is 3.81. The van der Waals surface area contributed by atoms with Crippen LogP contribution in [0, 0.1) is 11.2 Å². The van der Waals surface area contributed by atoms with E-state index in [0.717, 1.165) is 25.6 Å². The average Bonchev–Trinajstić information content (AvgIpc) is 3.12. The van der Waals surface area contributed by atoms with Gasteiger partial charge in [-0.3, -0.25) is 4.90 Å². The highest BCUT2D eigenvalue weighted by Crippen LogP contribution is 2.43. The number of likely N-dealkylation sites (tertiary alicyclic amines) is 1. The SMILES string of the molecule is CC1(C)CCC(CN2CC3CC2CN3)=C(c2ccc(F)cc2)C1. The number of rotatable bonds is 3. The molecule has 2 fully saturated rings. The minimum atomic E-state index is -0.145. The lowest BCUT2D eigenvalue weighted by Gasteiger charge is -2.36. The van der Waals surface area contributed by atoms with Gasteiger partial charge in [0.2, 0.25) is 0 Å². The zero-order valence-corrected chi connectivity index (χ0v) is 14.2. The number of benzene rings is 1. The lowest BCUT2D eigenvalue weighted by atomic mass is 9.72. The number of hydrogen-bond acceptors (Lipinski definition) is 2. The summed E-state index contributed by atoms with van der Waals surface area (Å²) in [6.45, 7) is 8.15. The minimum absolute atomic E-state index is 0.145. The van der Waals surface area contributed by atoms with Gasteiger partial charge in [0.05, 0.1) is 0 Å². The number of nitrogens with one attached hydrogen (secondary N) is 1. The first-order valence-electron chi connectivity index (χ1n) is 8.94. The van der Waals surface area contributed by atoms with E-state index in [-0.39, 0.29) is 5.82 Å². The van der Waals surface area contributed by atoms with Crippen molar-refractivity contribution in [3.05, 3.63) is 41.2 Å². The van der Waals surface area contributed by atoms with Crippen LogP contribution in [0.25, 0.3) is 5.57 Å². The minimum Gasteiger partial charge on any atom is -0.311 e. The number of nitrogens with zero attached hydrogens (tertiary/aromatic N) is 1. The Morgan fingerprint density at radius 3 is 2.70 bits per heavy atom. The Bertz CT molecular complexity index is 617. The zero-order chi connectivity index (χ0) is 16.0. The molecule has 1 aromatic carbocycles. The predicted molar refractivity (Wildman–Crippen MR) is 92.7 cm³/mol. The maximum atomic E-state index is 13.3. The largest absolute Gasteiger partial charge is 0.311 e. The van der Waals surface area contributed by atoms with Gasteiger partial charge < -0.3 is 5.32 Å². The first kappa shape index (κ1) is 15.3. The molecule has 23 heavy (non-hydrogen) atoms. The van der Waals surface area contributed by atoms with Crippen molar-refractivity contribution in [1.29, 1.82) is 0 Å². The van der Waals surface area contributed by atoms with E-state index in [9.17, 15) is 4.39 Å². The molecule has 2 bridgehead atoms. The zero-order valence-electron chi connectivity index (χ0n) is 14.2. The molecule has 0 amide bonds. The number of allylic oxidation sites excluding steroid dienone is 1. The summed E-state index contributed by atoms with van der Waals surface area (Å²) in [5.74, 6) is -0.145. The van der Waals surface area contributed by atoms with E-state index in [0.29, 0.717) is 11.5 Å². The maximum absolute atomic E-state index is 13.3. The van der Waals surface area contributed by atoms with Crippen molar-refractivity contribution in [2.24, 2.45) is 5.41 Å². The summed E-state index contributed by atoms with van der Waals surface area (Å²) in [5.41, 5.74) is 4.62. The standard InChI is InChI=1S/C20H27FN2/c1-20(2)8-7-15(12-23-13-17-9-18(23)11-22-17)19(10-20)14-3-5-16(21)6-4-14/h3-6,17-18,22H,7-13H2,1-2H3. The molecule has 2 aliphatic heterocycles. The first-order chi connectivity index (χ1) is 11.0. The molecule has 3 aliphatic rings. The highest BCUT2D eigenvalue weighted by Gasteiger charge is 2.38. The second kappa shape index (κ2) is 5.71. The maximum Gasteiger partial charge on any atom is 0.123 e. The third kappa shape index (κ3) is 3.09. The summed E-state index contributed by atoms with van der Waals surface area (Å²) in [7, 11) is 0. The molecule has 0 aromatic heterocycles. The predicted octanol–water partition coefficient (Wildman–Crippen LogP) is 3.84. The van der Waals surface area contributed by atoms with Crippen molar-refractivity contribution in [1.82, 2.24) is 10.2 Å². The molecule has 3 heteroatoms. The van der Waals surface area contributed by atoms with E-state index in [2.05, 4.69) is 24.1 Å². The van der Waals surface area contributed by atoms with Crippen LogP contribution in [0.1, 0.15) is 45.1 Å². The van der Waals surface area contributed by atoms with Crippen LogP contribution in [-0.2, 0) is 0 Å². The molecule has 1 aromatic rings. The lowest BCUT2D eigenvalue weighted by Crippen LogP contribution is -2.44. The lowest BCUT2D eigenvalue weighted by molar-refractivity contribution is 0.235. The van der Waals surface area contributed by atoms with E-state index >= 15 is 0 Å². The van der Waals surface area contributed by atoms with Crippen LogP contribution >= 0.6 is 0 Å². The van der Waals surface area contributed by atoms with E-state index in [4.69, 9.17) is 0 Å². The molecule has 2 saturated heterocycles. The van der Waals surface area contributed by atoms with Gasteiger partial charge in [-0.15, -0.1) is 0 Å². The van der Waals surface area contributed by atoms with Crippen LogP contribution in [0.2, 0.25) is 0 Å². The van der Waals surface area contributed by atoms with Crippen LogP contribution in [-0.4, -0.2) is 36.6 Å². The van der Waals surface area contributed by atoms with E-state index in [1.54, 1.807) is 17.7 Å². The molecule has 2 heterocycles. The molecule has 4 rings (SSSR count). The molecule has 0 radical (unpaired) electrons. The summed E-state index contributed by atoms with van der Waals surface area (Å²) in [6, 6.07) is 8.55. The molecule has 0 saturated carbocycles. The topological polar surface area (TPSA) is 15.3 Å². The van der Waals surface area contributed by atoms with Gasteiger partial charge in [-0.05, 0) is 54.4 Å². The summed E-state index contributed by atoms with van der Waals surface area (Å²) in [5, 5.41) is 3.59. The highest BCUT2D eigenvalue weighted by atomic mass is 19.1. The number of halogens is 1. The molecular formula is C20H27FN2. The van der Waals surface area contributed by atoms with E-state index in [1.165, 1.54) is 36.9 Å². The summed E-state index contributed by atoms with van der Waals surface area (Å²) < 4.78 is 13.3. The van der Waals surface area contributed by atoms with Gasteiger partial charge in [0.25, 0.3) is 0 Å². The van der Waals surface area contributed by atoms with Crippen molar-refractivity contribution < 1.29 is 4.39 Å². The third-order valence-corrected chi connectivity index (χ3v) is 5.94. The summed E-state index contributed by atoms with van der Waals surface area (Å²) in [4.78, 5) is 2.67. The molecule has 2 atom stereocenters. The van der Waals surface area contributed by atoms with Crippen molar-refractivity contribution in [2.45, 2.75) is 51.6 Å². The van der Waals surface area contributed by atoms with E-state index in [1.807, 2.05) is 12.1 Å². The molecule has 2 unspecified atom stereocenters. The molecular weight excluding hydrogens is 287 g/mol. The average molecular weight is 314 g/mol. The summed E-state index contributed by atoms with van der Waals surface area (Å²) in [6.07, 6.45) is 4.85. The third-order valence-electron chi connectivity index (χ3n) is 5.94. The van der Waals surface area contributed by atoms with Gasteiger partial charge >= 0.3 is 0 Å². The molecule has 124 valence electrons. The Labute approximate surface area is 138 Å². The molecule has 1 aliphatic carbocycles. The van der Waals surface area contributed by atoms with Crippen LogP contribution in [0.4, 0.5) is 4.39 Å². The summed E-state index contributed by atoms with van der Waals surface area (Å²) >= 11 is 0. The fraction of sp³-hybridized carbons (Fsp3) is 0.600. The van der Waals surface area contributed by atoms with Crippen molar-refractivity contribution in [2.75, 3.05) is 19.6 Å². The first-order valence-corrected chi connectivity index (χ1v) is 8.94. The Hall–Kier alpha value is -1.19. The second-order valence-corrected chi connectivity index (χ2v) is 8.35. The second-order valence-electron chi connectivity index (χ2n) is 8.35. The Morgan fingerprint density at radius 2 is 2.04 bits per heavy atom. The van der Waals surface area contributed by atoms with Gasteiger partial charge in [-0.25, -0.2) is 4.39 Å². The smallest absolute Gasteiger partial charge is 0.123 e. The van der Waals surface area contributed by atoms with Gasteiger partial charge in [0.1, 0.15) is 5.82 Å². The van der Waals surface area contributed by atoms with E-state index < -0.39 is 0 Å². The van der Waals surface area contributed by atoms with Crippen LogP contribution in [0.3, 0.4) is 0 Å². The van der Waals surface area contributed by atoms with Gasteiger partial charge in [0, 0.05) is 31.7 Å². The van der Waals surface area contributed by atoms with Crippen molar-refractivity contribution >= 4 is 5.57 Å². The Balaban J connectivity index is 1.63. The van der Waals surface area contributed by atoms with Crippen molar-refractivity contribution in [3.8, 4) is 0 Å². The van der Waals surface area contributed by atoms with Crippen LogP contribution in [0.15, 0.2) is 29.8 Å². The van der Waals surface area contributed by atoms with Gasteiger partial charge in [0.15, 0.2) is 0 Å². The fourth-order valence-corrected chi connectivity index (χ4v) is 4.55.